The van der Waals surface area contributed by atoms with Crippen molar-refractivity contribution in [2.75, 3.05) is 13.7 Å². The highest BCUT2D eigenvalue weighted by Gasteiger charge is 2.51. The van der Waals surface area contributed by atoms with E-state index in [1.807, 2.05) is 12.2 Å². The summed E-state index contributed by atoms with van der Waals surface area (Å²) in [7, 11) is 1.23. The van der Waals surface area contributed by atoms with Gasteiger partial charge in [0.1, 0.15) is 6.54 Å². The molecule has 0 aromatic rings. The lowest BCUT2D eigenvalue weighted by atomic mass is 9.82. The number of allylic oxidation sites excluding steroid dienone is 2. The van der Waals surface area contributed by atoms with E-state index in [2.05, 4.69) is 10.1 Å². The fraction of sp³-hybridized carbons (Fsp3) is 0.583. The number of carbonyl (C=O) groups excluding carboxylic acids is 2. The minimum atomic E-state index is -0.954. The monoisotopic (exact) mass is 253 g/mol. The highest BCUT2D eigenvalue weighted by molar-refractivity contribution is 5.88. The average molecular weight is 253 g/mol. The fourth-order valence-corrected chi connectivity index (χ4v) is 2.87. The third-order valence-corrected chi connectivity index (χ3v) is 3.68. The summed E-state index contributed by atoms with van der Waals surface area (Å²) in [6.45, 7) is -0.223. The Balaban J connectivity index is 2.03. The molecule has 1 fully saturated rings. The zero-order valence-electron chi connectivity index (χ0n) is 9.96. The molecule has 6 nitrogen and oxygen atoms in total. The van der Waals surface area contributed by atoms with Crippen LogP contribution in [0.5, 0.6) is 0 Å². The predicted octanol–water partition coefficient (Wildman–Crippen LogP) is -0.202. The molecule has 0 heterocycles. The van der Waals surface area contributed by atoms with Crippen LogP contribution >= 0.6 is 0 Å². The van der Waals surface area contributed by atoms with Crippen molar-refractivity contribution in [2.24, 2.45) is 23.7 Å². The minimum Gasteiger partial charge on any atom is -0.481 e. The zero-order valence-corrected chi connectivity index (χ0v) is 9.96. The first-order chi connectivity index (χ1) is 8.54. The van der Waals surface area contributed by atoms with Crippen LogP contribution in [0, 0.1) is 23.7 Å². The summed E-state index contributed by atoms with van der Waals surface area (Å²) < 4.78 is 4.42. The van der Waals surface area contributed by atoms with Crippen molar-refractivity contribution in [3.8, 4) is 0 Å². The lowest BCUT2D eigenvalue weighted by Crippen LogP contribution is -2.42. The molecule has 2 N–H and O–H groups in total. The van der Waals surface area contributed by atoms with Crippen molar-refractivity contribution in [3.63, 3.8) is 0 Å². The fourth-order valence-electron chi connectivity index (χ4n) is 2.87. The number of nitrogens with one attached hydrogen (secondary N) is 1. The second kappa shape index (κ2) is 4.80. The quantitative estimate of drug-likeness (QED) is 0.534. The Bertz CT molecular complexity index is 417. The number of rotatable bonds is 4. The number of ether oxygens (including phenoxy) is 1. The predicted molar refractivity (Wildman–Crippen MR) is 60.4 cm³/mol. The van der Waals surface area contributed by atoms with Gasteiger partial charge in [-0.1, -0.05) is 12.2 Å². The summed E-state index contributed by atoms with van der Waals surface area (Å²) in [5, 5.41) is 11.6. The van der Waals surface area contributed by atoms with Crippen LogP contribution in [0.25, 0.3) is 0 Å². The van der Waals surface area contributed by atoms with E-state index in [1.54, 1.807) is 0 Å². The molecular weight excluding hydrogens is 238 g/mol. The average Bonchev–Trinajstić information content (AvgIpc) is 2.95. The molecule has 0 spiro atoms. The van der Waals surface area contributed by atoms with Gasteiger partial charge in [-0.15, -0.1) is 0 Å². The van der Waals surface area contributed by atoms with Crippen molar-refractivity contribution < 1.29 is 24.2 Å². The summed E-state index contributed by atoms with van der Waals surface area (Å²) in [4.78, 5) is 34.1. The van der Waals surface area contributed by atoms with Crippen LogP contribution in [0.15, 0.2) is 12.2 Å². The number of hydrogen-bond donors (Lipinski definition) is 2. The number of carbonyl (C=O) groups is 3. The van der Waals surface area contributed by atoms with Gasteiger partial charge in [0.05, 0.1) is 18.9 Å². The molecule has 6 heteroatoms. The van der Waals surface area contributed by atoms with E-state index in [0.717, 1.165) is 0 Å². The third-order valence-electron chi connectivity index (χ3n) is 3.68. The SMILES string of the molecule is COC(=O)CNC(=O)[C@H]1C2C=CC(C2)[C@H]1C(=O)O. The third kappa shape index (κ3) is 2.10. The smallest absolute Gasteiger partial charge is 0.325 e. The second-order valence-electron chi connectivity index (χ2n) is 4.63. The first-order valence-electron chi connectivity index (χ1n) is 5.80. The number of amides is 1. The molecular formula is C12H15NO5. The van der Waals surface area contributed by atoms with E-state index in [4.69, 9.17) is 0 Å². The van der Waals surface area contributed by atoms with Crippen LogP contribution in [-0.4, -0.2) is 36.6 Å². The van der Waals surface area contributed by atoms with Crippen molar-refractivity contribution in [1.82, 2.24) is 5.32 Å². The summed E-state index contributed by atoms with van der Waals surface area (Å²) in [5.74, 6) is -3.25. The van der Waals surface area contributed by atoms with E-state index < -0.39 is 23.8 Å². The Morgan fingerprint density at radius 1 is 1.28 bits per heavy atom. The van der Waals surface area contributed by atoms with Gasteiger partial charge in [0.15, 0.2) is 0 Å². The van der Waals surface area contributed by atoms with E-state index in [9.17, 15) is 19.5 Å². The molecule has 0 saturated heterocycles. The molecule has 4 atom stereocenters. The van der Waals surface area contributed by atoms with Crippen molar-refractivity contribution in [3.05, 3.63) is 12.2 Å². The number of aliphatic carboxylic acids is 1. The lowest BCUT2D eigenvalue weighted by molar-refractivity contribution is -0.148. The van der Waals surface area contributed by atoms with Crippen molar-refractivity contribution in [1.29, 1.82) is 0 Å². The Kier molecular flexibility index (Phi) is 3.36. The van der Waals surface area contributed by atoms with E-state index in [-0.39, 0.29) is 24.3 Å². The van der Waals surface area contributed by atoms with Crippen LogP contribution in [-0.2, 0) is 19.1 Å². The Morgan fingerprint density at radius 2 is 1.89 bits per heavy atom. The topological polar surface area (TPSA) is 92.7 Å². The van der Waals surface area contributed by atoms with Gasteiger partial charge < -0.3 is 15.2 Å². The lowest BCUT2D eigenvalue weighted by Gasteiger charge is -2.23. The molecule has 0 radical (unpaired) electrons. The van der Waals surface area contributed by atoms with Gasteiger partial charge in [-0.3, -0.25) is 14.4 Å². The van der Waals surface area contributed by atoms with Gasteiger partial charge in [0.25, 0.3) is 0 Å². The first kappa shape index (κ1) is 12.6. The molecule has 1 saturated carbocycles. The largest absolute Gasteiger partial charge is 0.481 e. The minimum absolute atomic E-state index is 0.0336. The van der Waals surface area contributed by atoms with Crippen LogP contribution in [0.3, 0.4) is 0 Å². The normalized spacial score (nSPS) is 32.3. The summed E-state index contributed by atoms with van der Waals surface area (Å²) in [5.41, 5.74) is 0. The Labute approximate surface area is 104 Å². The number of methoxy groups -OCH3 is 1. The van der Waals surface area contributed by atoms with Gasteiger partial charge in [0.2, 0.25) is 5.91 Å². The number of fused-ring (bicyclic) bond motifs is 2. The molecule has 18 heavy (non-hydrogen) atoms. The Hall–Kier alpha value is -1.85. The highest BCUT2D eigenvalue weighted by atomic mass is 16.5. The molecule has 2 aliphatic rings. The molecule has 0 aliphatic heterocycles. The standard InChI is InChI=1S/C12H15NO5/c1-18-8(14)5-13-11(15)9-6-2-3-7(4-6)10(9)12(16)17/h2-3,6-7,9-10H,4-5H2,1H3,(H,13,15)(H,16,17)/t6?,7?,9-,10+/m0/s1. The number of carboxylic acid groups (broad SMARTS) is 1. The number of esters is 1. The number of hydrogen-bond acceptors (Lipinski definition) is 4. The van der Waals surface area contributed by atoms with Gasteiger partial charge in [0, 0.05) is 0 Å². The molecule has 2 bridgehead atoms. The van der Waals surface area contributed by atoms with Gasteiger partial charge in [-0.2, -0.15) is 0 Å². The van der Waals surface area contributed by atoms with Gasteiger partial charge >= 0.3 is 11.9 Å². The zero-order chi connectivity index (χ0) is 13.3. The molecule has 2 unspecified atom stereocenters. The molecule has 2 aliphatic carbocycles. The number of carboxylic acids is 1. The van der Waals surface area contributed by atoms with Crippen LogP contribution in [0.2, 0.25) is 0 Å². The maximum atomic E-state index is 12.0. The van der Waals surface area contributed by atoms with Crippen molar-refractivity contribution >= 4 is 17.8 Å². The van der Waals surface area contributed by atoms with E-state index in [0.29, 0.717) is 6.42 Å². The van der Waals surface area contributed by atoms with E-state index in [1.165, 1.54) is 7.11 Å². The summed E-state index contributed by atoms with van der Waals surface area (Å²) in [6.07, 6.45) is 4.47. The van der Waals surface area contributed by atoms with E-state index >= 15 is 0 Å². The molecule has 0 aromatic heterocycles. The molecule has 0 aromatic carbocycles. The van der Waals surface area contributed by atoms with Gasteiger partial charge in [-0.05, 0) is 18.3 Å². The molecule has 1 amide bonds. The maximum absolute atomic E-state index is 12.0. The van der Waals surface area contributed by atoms with Crippen molar-refractivity contribution in [2.45, 2.75) is 6.42 Å². The second-order valence-corrected chi connectivity index (χ2v) is 4.63. The van der Waals surface area contributed by atoms with Gasteiger partial charge in [-0.25, -0.2) is 0 Å². The van der Waals surface area contributed by atoms with Crippen LogP contribution in [0.4, 0.5) is 0 Å². The maximum Gasteiger partial charge on any atom is 0.325 e. The van der Waals surface area contributed by atoms with Crippen LogP contribution in [0.1, 0.15) is 6.42 Å². The first-order valence-corrected chi connectivity index (χ1v) is 5.80. The van der Waals surface area contributed by atoms with Crippen LogP contribution < -0.4 is 5.32 Å². The molecule has 2 rings (SSSR count). The highest BCUT2D eigenvalue weighted by Crippen LogP contribution is 2.48. The Morgan fingerprint density at radius 3 is 2.44 bits per heavy atom. The molecule has 98 valence electrons. The summed E-state index contributed by atoms with van der Waals surface area (Å²) >= 11 is 0. The summed E-state index contributed by atoms with van der Waals surface area (Å²) in [6, 6.07) is 0.